The van der Waals surface area contributed by atoms with Crippen molar-refractivity contribution >= 4 is 0 Å². The van der Waals surface area contributed by atoms with Crippen LogP contribution in [0.4, 0.5) is 0 Å². The molecule has 1 saturated carbocycles. The van der Waals surface area contributed by atoms with Crippen molar-refractivity contribution in [2.45, 2.75) is 45.1 Å². The van der Waals surface area contributed by atoms with Gasteiger partial charge in [-0.25, -0.2) is 0 Å². The molecule has 0 amide bonds. The molecule has 0 radical (unpaired) electrons. The Morgan fingerprint density at radius 3 is 3.00 bits per heavy atom. The largest absolute Gasteiger partial charge is 0.489 e. The van der Waals surface area contributed by atoms with E-state index in [9.17, 15) is 0 Å². The van der Waals surface area contributed by atoms with Crippen LogP contribution in [0.15, 0.2) is 18.5 Å². The third kappa shape index (κ3) is 2.92. The first kappa shape index (κ1) is 12.9. The molecule has 2 heterocycles. The molecule has 3 heteroatoms. The summed E-state index contributed by atoms with van der Waals surface area (Å²) in [6.45, 7) is 6.50. The number of hydrogen-bond donors (Lipinski definition) is 1. The van der Waals surface area contributed by atoms with Gasteiger partial charge in [-0.05, 0) is 75.6 Å². The summed E-state index contributed by atoms with van der Waals surface area (Å²) in [4.78, 5) is 4.37. The molecule has 1 aromatic rings. The molecule has 3 rings (SSSR count). The fourth-order valence-electron chi connectivity index (χ4n) is 3.66. The zero-order valence-corrected chi connectivity index (χ0v) is 11.9. The normalized spacial score (nSPS) is 30.4. The molecule has 3 unspecified atom stereocenters. The predicted octanol–water partition coefficient (Wildman–Crippen LogP) is 2.97. The van der Waals surface area contributed by atoms with Crippen molar-refractivity contribution < 1.29 is 4.74 Å². The van der Waals surface area contributed by atoms with Crippen LogP contribution in [0, 0.1) is 11.8 Å². The number of ether oxygens (including phenoxy) is 1. The van der Waals surface area contributed by atoms with Crippen LogP contribution in [0.2, 0.25) is 0 Å². The molecule has 2 fully saturated rings. The van der Waals surface area contributed by atoms with Crippen molar-refractivity contribution in [3.63, 3.8) is 0 Å². The summed E-state index contributed by atoms with van der Waals surface area (Å²) >= 11 is 0. The zero-order valence-electron chi connectivity index (χ0n) is 11.9. The highest BCUT2D eigenvalue weighted by molar-refractivity contribution is 5.27. The Bertz CT molecular complexity index is 433. The van der Waals surface area contributed by atoms with Gasteiger partial charge in [0.25, 0.3) is 0 Å². The lowest BCUT2D eigenvalue weighted by molar-refractivity contribution is 0.179. The van der Waals surface area contributed by atoms with Gasteiger partial charge in [0.2, 0.25) is 0 Å². The summed E-state index contributed by atoms with van der Waals surface area (Å²) in [5.74, 6) is 3.26. The van der Waals surface area contributed by atoms with Crippen LogP contribution in [0.3, 0.4) is 0 Å². The maximum atomic E-state index is 5.77. The fraction of sp³-hybridized carbons (Fsp3) is 0.688. The van der Waals surface area contributed by atoms with Gasteiger partial charge in [-0.15, -0.1) is 0 Å². The van der Waals surface area contributed by atoms with Gasteiger partial charge in [0.1, 0.15) is 5.75 Å². The van der Waals surface area contributed by atoms with Crippen LogP contribution in [0.1, 0.15) is 44.6 Å². The molecule has 0 spiro atoms. The smallest absolute Gasteiger partial charge is 0.138 e. The monoisotopic (exact) mass is 260 g/mol. The van der Waals surface area contributed by atoms with Gasteiger partial charge in [0.15, 0.2) is 0 Å². The van der Waals surface area contributed by atoms with E-state index in [2.05, 4.69) is 30.2 Å². The standard InChI is InChI=1S/C16H24N2O/c1-11(2)19-15-6-14(9-18-10-15)16-4-3-12-5-13(16)8-17-7-12/h6,9-13,16-17H,3-5,7-8H2,1-2H3. The van der Waals surface area contributed by atoms with Gasteiger partial charge in [-0.3, -0.25) is 4.98 Å². The molecule has 3 nitrogen and oxygen atoms in total. The molecule has 104 valence electrons. The molecule has 1 aromatic heterocycles. The zero-order chi connectivity index (χ0) is 13.2. The topological polar surface area (TPSA) is 34.1 Å². The third-order valence-electron chi connectivity index (χ3n) is 4.46. The lowest BCUT2D eigenvalue weighted by atomic mass is 9.69. The first-order chi connectivity index (χ1) is 9.22. The Balaban J connectivity index is 1.77. The Labute approximate surface area is 115 Å². The minimum absolute atomic E-state index is 0.212. The highest BCUT2D eigenvalue weighted by Crippen LogP contribution is 2.42. The molecule has 1 saturated heterocycles. The number of nitrogens with zero attached hydrogens (tertiary/aromatic N) is 1. The summed E-state index contributed by atoms with van der Waals surface area (Å²) in [5, 5.41) is 3.58. The SMILES string of the molecule is CC(C)Oc1cncc(C2CCC3CNCC2C3)c1. The summed E-state index contributed by atoms with van der Waals surface area (Å²) in [6, 6.07) is 2.20. The lowest BCUT2D eigenvalue weighted by Gasteiger charge is -2.40. The van der Waals surface area contributed by atoms with Crippen LogP contribution in [-0.4, -0.2) is 24.2 Å². The lowest BCUT2D eigenvalue weighted by Crippen LogP contribution is -2.42. The van der Waals surface area contributed by atoms with Crippen LogP contribution in [-0.2, 0) is 0 Å². The first-order valence-corrected chi connectivity index (χ1v) is 7.54. The third-order valence-corrected chi connectivity index (χ3v) is 4.46. The maximum Gasteiger partial charge on any atom is 0.138 e. The average Bonchev–Trinajstić information content (AvgIpc) is 2.39. The molecule has 2 aliphatic rings. The Kier molecular flexibility index (Phi) is 3.74. The summed E-state index contributed by atoms with van der Waals surface area (Å²) in [6.07, 6.45) is 8.12. The summed E-state index contributed by atoms with van der Waals surface area (Å²) < 4.78 is 5.77. The van der Waals surface area contributed by atoms with Crippen molar-refractivity contribution in [2.24, 2.45) is 11.8 Å². The molecule has 1 aliphatic heterocycles. The van der Waals surface area contributed by atoms with E-state index in [0.29, 0.717) is 5.92 Å². The highest BCUT2D eigenvalue weighted by Gasteiger charge is 2.34. The first-order valence-electron chi connectivity index (χ1n) is 7.54. The Morgan fingerprint density at radius 2 is 2.16 bits per heavy atom. The second kappa shape index (κ2) is 5.49. The second-order valence-electron chi connectivity index (χ2n) is 6.32. The van der Waals surface area contributed by atoms with Gasteiger partial charge < -0.3 is 10.1 Å². The number of piperidine rings is 1. The van der Waals surface area contributed by atoms with E-state index in [4.69, 9.17) is 4.74 Å². The van der Waals surface area contributed by atoms with E-state index in [1.165, 1.54) is 31.4 Å². The van der Waals surface area contributed by atoms with Gasteiger partial charge in [0.05, 0.1) is 12.3 Å². The van der Waals surface area contributed by atoms with Gasteiger partial charge >= 0.3 is 0 Å². The highest BCUT2D eigenvalue weighted by atomic mass is 16.5. The van der Waals surface area contributed by atoms with Crippen LogP contribution < -0.4 is 10.1 Å². The fourth-order valence-corrected chi connectivity index (χ4v) is 3.66. The van der Waals surface area contributed by atoms with Gasteiger partial charge in [-0.2, -0.15) is 0 Å². The van der Waals surface area contributed by atoms with E-state index >= 15 is 0 Å². The van der Waals surface area contributed by atoms with Crippen LogP contribution in [0.25, 0.3) is 0 Å². The minimum Gasteiger partial charge on any atom is -0.489 e. The second-order valence-corrected chi connectivity index (χ2v) is 6.32. The molecular formula is C16H24N2O. The Hall–Kier alpha value is -1.09. The number of hydrogen-bond acceptors (Lipinski definition) is 3. The van der Waals surface area contributed by atoms with E-state index < -0.39 is 0 Å². The quantitative estimate of drug-likeness (QED) is 0.907. The summed E-state index contributed by atoms with van der Waals surface area (Å²) in [7, 11) is 0. The molecular weight excluding hydrogens is 236 g/mol. The predicted molar refractivity (Wildman–Crippen MR) is 76.4 cm³/mol. The number of fused-ring (bicyclic) bond motifs is 2. The van der Waals surface area contributed by atoms with Crippen molar-refractivity contribution in [3.05, 3.63) is 24.0 Å². The summed E-state index contributed by atoms with van der Waals surface area (Å²) in [5.41, 5.74) is 1.37. The van der Waals surface area contributed by atoms with Crippen molar-refractivity contribution in [1.82, 2.24) is 10.3 Å². The number of nitrogens with one attached hydrogen (secondary N) is 1. The van der Waals surface area contributed by atoms with Crippen molar-refractivity contribution in [1.29, 1.82) is 0 Å². The van der Waals surface area contributed by atoms with E-state index in [1.807, 2.05) is 12.4 Å². The van der Waals surface area contributed by atoms with Crippen molar-refractivity contribution in [3.8, 4) is 5.75 Å². The Morgan fingerprint density at radius 1 is 1.26 bits per heavy atom. The molecule has 3 atom stereocenters. The molecule has 19 heavy (non-hydrogen) atoms. The van der Waals surface area contributed by atoms with Crippen molar-refractivity contribution in [2.75, 3.05) is 13.1 Å². The average molecular weight is 260 g/mol. The molecule has 2 bridgehead atoms. The van der Waals surface area contributed by atoms with Crippen LogP contribution in [0.5, 0.6) is 5.75 Å². The van der Waals surface area contributed by atoms with Gasteiger partial charge in [-0.1, -0.05) is 0 Å². The maximum absolute atomic E-state index is 5.77. The number of pyridine rings is 1. The van der Waals surface area contributed by atoms with Crippen LogP contribution >= 0.6 is 0 Å². The van der Waals surface area contributed by atoms with E-state index in [0.717, 1.165) is 24.1 Å². The number of aromatic nitrogens is 1. The molecule has 1 N–H and O–H groups in total. The van der Waals surface area contributed by atoms with E-state index in [1.54, 1.807) is 0 Å². The van der Waals surface area contributed by atoms with Gasteiger partial charge in [0, 0.05) is 6.20 Å². The molecule has 1 aliphatic carbocycles. The van der Waals surface area contributed by atoms with E-state index in [-0.39, 0.29) is 6.10 Å². The molecule has 0 aromatic carbocycles. The number of rotatable bonds is 3. The minimum atomic E-state index is 0.212.